The lowest BCUT2D eigenvalue weighted by Crippen LogP contribution is -2.11. The van der Waals surface area contributed by atoms with Crippen LogP contribution in [0.4, 0.5) is 5.69 Å². The van der Waals surface area contributed by atoms with E-state index < -0.39 is 6.10 Å². The number of benzene rings is 2. The molecule has 0 aromatic heterocycles. The average Bonchev–Trinajstić information content (AvgIpc) is 3.09. The number of carbonyl (C=O) groups excluding carboxylic acids is 3. The molecule has 31 heavy (non-hydrogen) atoms. The summed E-state index contributed by atoms with van der Waals surface area (Å²) in [4.78, 5) is 35.7. The van der Waals surface area contributed by atoms with E-state index in [1.54, 1.807) is 54.6 Å². The first kappa shape index (κ1) is 22.2. The van der Waals surface area contributed by atoms with E-state index in [9.17, 15) is 19.5 Å². The smallest absolute Gasteiger partial charge is 0.311 e. The fourth-order valence-corrected chi connectivity index (χ4v) is 3.16. The Morgan fingerprint density at radius 1 is 1.06 bits per heavy atom. The second kappa shape index (κ2) is 11.0. The first-order valence-corrected chi connectivity index (χ1v) is 10.3. The van der Waals surface area contributed by atoms with Crippen LogP contribution in [0.5, 0.6) is 5.75 Å². The maximum Gasteiger partial charge on any atom is 0.311 e. The molecule has 3 rings (SSSR count). The number of ketones is 1. The Balaban J connectivity index is 1.36. The average molecular weight is 419 g/mol. The Morgan fingerprint density at radius 3 is 2.48 bits per heavy atom. The molecule has 0 bridgehead atoms. The quantitative estimate of drug-likeness (QED) is 0.275. The van der Waals surface area contributed by atoms with E-state index in [2.05, 4.69) is 5.32 Å². The van der Waals surface area contributed by atoms with Crippen LogP contribution in [0.25, 0.3) is 0 Å². The molecule has 2 aromatic carbocycles. The number of unbranched alkanes of at least 4 members (excludes halogenated alkanes) is 1. The molecule has 6 nitrogen and oxygen atoms in total. The molecule has 0 radical (unpaired) electrons. The van der Waals surface area contributed by atoms with Crippen LogP contribution in [0.2, 0.25) is 0 Å². The third-order valence-electron chi connectivity index (χ3n) is 4.78. The van der Waals surface area contributed by atoms with E-state index in [-0.39, 0.29) is 30.5 Å². The molecule has 1 amide bonds. The Kier molecular flexibility index (Phi) is 7.90. The van der Waals surface area contributed by atoms with Gasteiger partial charge in [-0.2, -0.15) is 0 Å². The van der Waals surface area contributed by atoms with Gasteiger partial charge in [0.15, 0.2) is 5.78 Å². The molecule has 0 aliphatic heterocycles. The van der Waals surface area contributed by atoms with Crippen molar-refractivity contribution in [2.24, 2.45) is 0 Å². The summed E-state index contributed by atoms with van der Waals surface area (Å²) >= 11 is 0. The topological polar surface area (TPSA) is 92.7 Å². The Bertz CT molecular complexity index is 977. The minimum Gasteiger partial charge on any atom is -0.427 e. The third-order valence-corrected chi connectivity index (χ3v) is 4.78. The van der Waals surface area contributed by atoms with Crippen molar-refractivity contribution in [3.8, 4) is 5.75 Å². The van der Waals surface area contributed by atoms with Crippen molar-refractivity contribution in [1.29, 1.82) is 0 Å². The monoisotopic (exact) mass is 419 g/mol. The normalized spacial score (nSPS) is 15.7. The van der Waals surface area contributed by atoms with Crippen LogP contribution < -0.4 is 10.1 Å². The number of Topliss-reactive ketones (excluding diaryl/α,β-unsaturated/α-hetero) is 1. The lowest BCUT2D eigenvalue weighted by molar-refractivity contribution is -0.134. The molecule has 1 atom stereocenters. The van der Waals surface area contributed by atoms with E-state index in [1.807, 2.05) is 18.2 Å². The summed E-state index contributed by atoms with van der Waals surface area (Å²) in [7, 11) is 0. The predicted octanol–water partition coefficient (Wildman–Crippen LogP) is 4.22. The van der Waals surface area contributed by atoms with Gasteiger partial charge in [-0.15, -0.1) is 0 Å². The highest BCUT2D eigenvalue weighted by Gasteiger charge is 2.20. The van der Waals surface area contributed by atoms with E-state index in [0.29, 0.717) is 41.8 Å². The van der Waals surface area contributed by atoms with Crippen LogP contribution in [0.1, 0.15) is 42.5 Å². The summed E-state index contributed by atoms with van der Waals surface area (Å²) in [5.41, 5.74) is 1.82. The number of esters is 1. The number of amides is 1. The van der Waals surface area contributed by atoms with Crippen molar-refractivity contribution in [2.45, 2.75) is 38.2 Å². The van der Waals surface area contributed by atoms with Gasteiger partial charge in [0.05, 0.1) is 6.10 Å². The number of hydrogen-bond donors (Lipinski definition) is 2. The number of ether oxygens (including phenoxy) is 1. The highest BCUT2D eigenvalue weighted by molar-refractivity contribution is 6.04. The fraction of sp³-hybridized carbons (Fsp3) is 0.240. The molecule has 0 fully saturated rings. The maximum atomic E-state index is 12.1. The molecule has 2 N–H and O–H groups in total. The maximum absolute atomic E-state index is 12.1. The number of rotatable bonds is 9. The van der Waals surface area contributed by atoms with Crippen molar-refractivity contribution >= 4 is 23.3 Å². The predicted molar refractivity (Wildman–Crippen MR) is 118 cm³/mol. The van der Waals surface area contributed by atoms with Crippen molar-refractivity contribution < 1.29 is 24.2 Å². The highest BCUT2D eigenvalue weighted by Crippen LogP contribution is 2.19. The second-order valence-corrected chi connectivity index (χ2v) is 7.27. The van der Waals surface area contributed by atoms with Crippen LogP contribution in [0.15, 0.2) is 78.4 Å². The van der Waals surface area contributed by atoms with Gasteiger partial charge in [0, 0.05) is 24.1 Å². The molecule has 0 spiro atoms. The molecule has 160 valence electrons. The number of carbonyl (C=O) groups is 3. The van der Waals surface area contributed by atoms with Gasteiger partial charge >= 0.3 is 5.97 Å². The van der Waals surface area contributed by atoms with E-state index >= 15 is 0 Å². The lowest BCUT2D eigenvalue weighted by atomic mass is 10.1. The Hall–Kier alpha value is -3.51. The van der Waals surface area contributed by atoms with Gasteiger partial charge in [0.1, 0.15) is 5.75 Å². The molecule has 2 aromatic rings. The van der Waals surface area contributed by atoms with Crippen LogP contribution in [-0.4, -0.2) is 28.9 Å². The molecule has 6 heteroatoms. The van der Waals surface area contributed by atoms with Crippen LogP contribution in [0, 0.1) is 0 Å². The third kappa shape index (κ3) is 7.04. The van der Waals surface area contributed by atoms with Crippen LogP contribution in [0.3, 0.4) is 0 Å². The van der Waals surface area contributed by atoms with Gasteiger partial charge in [-0.05, 0) is 67.3 Å². The van der Waals surface area contributed by atoms with Gasteiger partial charge in [-0.3, -0.25) is 14.4 Å². The van der Waals surface area contributed by atoms with Gasteiger partial charge < -0.3 is 15.2 Å². The Labute approximate surface area is 181 Å². The first-order chi connectivity index (χ1) is 15.0. The number of aliphatic hydroxyl groups is 1. The Morgan fingerprint density at radius 2 is 1.81 bits per heavy atom. The van der Waals surface area contributed by atoms with E-state index in [1.165, 1.54) is 0 Å². The van der Waals surface area contributed by atoms with E-state index in [0.717, 1.165) is 0 Å². The standard InChI is InChI=1S/C25H25NO5/c27-21-16-19(23(28)17-21)10-4-1-2-7-11-24(29)31-22-14-12-20(13-15-22)26-25(30)18-8-5-3-6-9-18/h1,3-6,8-9,12-16,21,27H,2,7,10-11,17H2,(H,26,30)/b4-1+. The van der Waals surface area contributed by atoms with Crippen molar-refractivity contribution in [3.63, 3.8) is 0 Å². The van der Waals surface area contributed by atoms with Crippen molar-refractivity contribution in [2.75, 3.05) is 5.32 Å². The zero-order valence-corrected chi connectivity index (χ0v) is 17.1. The molecule has 0 saturated carbocycles. The first-order valence-electron chi connectivity index (χ1n) is 10.3. The van der Waals surface area contributed by atoms with Crippen molar-refractivity contribution in [3.05, 3.63) is 84.0 Å². The number of nitrogens with one attached hydrogen (secondary N) is 1. The van der Waals surface area contributed by atoms with Crippen LogP contribution in [-0.2, 0) is 9.59 Å². The summed E-state index contributed by atoms with van der Waals surface area (Å²) in [5.74, 6) is -0.121. The van der Waals surface area contributed by atoms with Crippen LogP contribution >= 0.6 is 0 Å². The number of allylic oxidation sites excluding steroid dienone is 3. The molecular formula is C25H25NO5. The zero-order valence-electron chi connectivity index (χ0n) is 17.1. The van der Waals surface area contributed by atoms with Gasteiger partial charge in [-0.1, -0.05) is 30.4 Å². The molecule has 1 aliphatic carbocycles. The number of anilines is 1. The lowest BCUT2D eigenvalue weighted by Gasteiger charge is -2.07. The summed E-state index contributed by atoms with van der Waals surface area (Å²) in [6.45, 7) is 0. The SMILES string of the molecule is O=C(CCC/C=C/CC1=CC(O)CC1=O)Oc1ccc(NC(=O)c2ccccc2)cc1. The molecule has 1 aliphatic rings. The number of aliphatic hydroxyl groups excluding tert-OH is 1. The summed E-state index contributed by atoms with van der Waals surface area (Å²) in [5, 5.41) is 12.2. The minimum atomic E-state index is -0.653. The summed E-state index contributed by atoms with van der Waals surface area (Å²) < 4.78 is 5.32. The van der Waals surface area contributed by atoms with Gasteiger partial charge in [0.2, 0.25) is 0 Å². The zero-order chi connectivity index (χ0) is 22.1. The van der Waals surface area contributed by atoms with Gasteiger partial charge in [0.25, 0.3) is 5.91 Å². The summed E-state index contributed by atoms with van der Waals surface area (Å²) in [6, 6.07) is 15.5. The summed E-state index contributed by atoms with van der Waals surface area (Å²) in [6.07, 6.45) is 7.05. The van der Waals surface area contributed by atoms with Gasteiger partial charge in [-0.25, -0.2) is 0 Å². The fourth-order valence-electron chi connectivity index (χ4n) is 3.16. The molecule has 0 saturated heterocycles. The molecular weight excluding hydrogens is 394 g/mol. The largest absolute Gasteiger partial charge is 0.427 e. The molecule has 0 heterocycles. The van der Waals surface area contributed by atoms with Crippen molar-refractivity contribution in [1.82, 2.24) is 0 Å². The second-order valence-electron chi connectivity index (χ2n) is 7.27. The highest BCUT2D eigenvalue weighted by atomic mass is 16.5. The number of hydrogen-bond acceptors (Lipinski definition) is 5. The van der Waals surface area contributed by atoms with E-state index in [4.69, 9.17) is 4.74 Å². The minimum absolute atomic E-state index is 0.00798. The molecule has 1 unspecified atom stereocenters.